The fraction of sp³-hybridized carbons (Fsp3) is 0.640. The summed E-state index contributed by atoms with van der Waals surface area (Å²) in [6.45, 7) is 4.25. The van der Waals surface area contributed by atoms with Crippen LogP contribution < -0.4 is 16.0 Å². The van der Waals surface area contributed by atoms with E-state index in [0.717, 1.165) is 42.6 Å². The van der Waals surface area contributed by atoms with Crippen LogP contribution in [0.5, 0.6) is 0 Å². The zero-order valence-corrected chi connectivity index (χ0v) is 19.9. The Morgan fingerprint density at radius 1 is 1.09 bits per heavy atom. The molecule has 4 saturated carbocycles. The second-order valence-corrected chi connectivity index (χ2v) is 10.8. The van der Waals surface area contributed by atoms with Crippen molar-refractivity contribution >= 4 is 11.9 Å². The van der Waals surface area contributed by atoms with Gasteiger partial charge in [0.05, 0.1) is 0 Å². The predicted octanol–water partition coefficient (Wildman–Crippen LogP) is 3.60. The highest BCUT2D eigenvalue weighted by Crippen LogP contribution is 2.55. The summed E-state index contributed by atoms with van der Waals surface area (Å²) in [6.07, 6.45) is 10.8. The van der Waals surface area contributed by atoms with Gasteiger partial charge in [0.2, 0.25) is 17.6 Å². The molecule has 0 aliphatic heterocycles. The minimum atomic E-state index is -0.406. The fourth-order valence-corrected chi connectivity index (χ4v) is 6.58. The van der Waals surface area contributed by atoms with Crippen molar-refractivity contribution in [2.24, 2.45) is 23.7 Å². The molecule has 0 spiro atoms. The molecule has 2 aromatic rings. The van der Waals surface area contributed by atoms with Crippen LogP contribution in [-0.2, 0) is 4.79 Å². The largest absolute Gasteiger partial charge is 0.344 e. The molecule has 3 N–H and O–H groups in total. The fourth-order valence-electron chi connectivity index (χ4n) is 6.58. The van der Waals surface area contributed by atoms with Crippen molar-refractivity contribution in [1.29, 1.82) is 0 Å². The maximum absolute atomic E-state index is 12.6. The van der Waals surface area contributed by atoms with Crippen molar-refractivity contribution in [2.45, 2.75) is 70.4 Å². The van der Waals surface area contributed by atoms with Crippen LogP contribution in [0.15, 0.2) is 29.0 Å². The zero-order chi connectivity index (χ0) is 23.7. The van der Waals surface area contributed by atoms with Crippen LogP contribution >= 0.6 is 0 Å². The highest BCUT2D eigenvalue weighted by Gasteiger charge is 2.51. The number of pyridine rings is 1. The molecule has 4 fully saturated rings. The summed E-state index contributed by atoms with van der Waals surface area (Å²) in [5.41, 5.74) is 0.766. The molecule has 4 aliphatic rings. The Morgan fingerprint density at radius 3 is 2.35 bits per heavy atom. The van der Waals surface area contributed by atoms with Gasteiger partial charge in [-0.1, -0.05) is 19.0 Å². The summed E-state index contributed by atoms with van der Waals surface area (Å²) >= 11 is 0. The van der Waals surface area contributed by atoms with Gasteiger partial charge in [-0.15, -0.1) is 0 Å². The van der Waals surface area contributed by atoms with Gasteiger partial charge in [-0.3, -0.25) is 9.78 Å². The Labute approximate surface area is 199 Å². The lowest BCUT2D eigenvalue weighted by atomic mass is 9.53. The molecule has 0 radical (unpaired) electrons. The van der Waals surface area contributed by atoms with E-state index in [4.69, 9.17) is 4.52 Å². The van der Waals surface area contributed by atoms with E-state index in [1.165, 1.54) is 19.3 Å². The van der Waals surface area contributed by atoms with Gasteiger partial charge in [-0.05, 0) is 74.3 Å². The molecular formula is C25H34N6O3. The zero-order valence-electron chi connectivity index (χ0n) is 19.9. The molecule has 3 amide bonds. The third-order valence-corrected chi connectivity index (χ3v) is 7.68. The molecule has 9 heteroatoms. The summed E-state index contributed by atoms with van der Waals surface area (Å²) in [5, 5.41) is 13.2. The molecule has 34 heavy (non-hydrogen) atoms. The van der Waals surface area contributed by atoms with Crippen molar-refractivity contribution in [3.05, 3.63) is 30.4 Å². The van der Waals surface area contributed by atoms with Crippen LogP contribution in [0, 0.1) is 23.7 Å². The van der Waals surface area contributed by atoms with E-state index in [2.05, 4.69) is 31.1 Å². The lowest BCUT2D eigenvalue weighted by Crippen LogP contribution is -2.61. The van der Waals surface area contributed by atoms with Crippen LogP contribution in [0.2, 0.25) is 0 Å². The third kappa shape index (κ3) is 4.93. The molecule has 182 valence electrons. The van der Waals surface area contributed by atoms with Crippen LogP contribution in [0.3, 0.4) is 0 Å². The number of aromatic nitrogens is 3. The molecule has 1 atom stereocenters. The average Bonchev–Trinajstić information content (AvgIpc) is 3.26. The lowest BCUT2D eigenvalue weighted by Gasteiger charge is -2.56. The van der Waals surface area contributed by atoms with E-state index in [1.54, 1.807) is 24.5 Å². The van der Waals surface area contributed by atoms with Crippen LogP contribution in [0.25, 0.3) is 11.4 Å². The molecule has 2 aromatic heterocycles. The third-order valence-electron chi connectivity index (χ3n) is 7.68. The van der Waals surface area contributed by atoms with Crippen molar-refractivity contribution in [1.82, 2.24) is 31.1 Å². The summed E-state index contributed by atoms with van der Waals surface area (Å²) < 4.78 is 5.44. The molecule has 6 rings (SSSR count). The number of hydrogen-bond donors (Lipinski definition) is 3. The van der Waals surface area contributed by atoms with E-state index >= 15 is 0 Å². The molecule has 0 saturated heterocycles. The van der Waals surface area contributed by atoms with Gasteiger partial charge >= 0.3 is 6.03 Å². The number of rotatable bonds is 8. The lowest BCUT2D eigenvalue weighted by molar-refractivity contribution is -0.122. The van der Waals surface area contributed by atoms with E-state index in [0.29, 0.717) is 11.7 Å². The molecule has 4 aliphatic carbocycles. The molecule has 9 nitrogen and oxygen atoms in total. The van der Waals surface area contributed by atoms with Crippen molar-refractivity contribution in [2.75, 3.05) is 6.54 Å². The van der Waals surface area contributed by atoms with E-state index in [1.807, 2.05) is 13.8 Å². The Hall–Kier alpha value is -2.97. The van der Waals surface area contributed by atoms with Gasteiger partial charge in [0.1, 0.15) is 6.04 Å². The second kappa shape index (κ2) is 9.35. The predicted molar refractivity (Wildman–Crippen MR) is 125 cm³/mol. The second-order valence-electron chi connectivity index (χ2n) is 10.8. The van der Waals surface area contributed by atoms with Gasteiger partial charge in [-0.25, -0.2) is 4.79 Å². The van der Waals surface area contributed by atoms with Crippen molar-refractivity contribution in [3.8, 4) is 11.4 Å². The number of carbonyl (C=O) groups is 2. The van der Waals surface area contributed by atoms with Crippen LogP contribution in [-0.4, -0.2) is 39.1 Å². The minimum absolute atomic E-state index is 0.0334. The quantitative estimate of drug-likeness (QED) is 0.546. The Morgan fingerprint density at radius 2 is 1.74 bits per heavy atom. The van der Waals surface area contributed by atoms with Crippen LogP contribution in [0.1, 0.15) is 70.7 Å². The summed E-state index contributed by atoms with van der Waals surface area (Å²) in [7, 11) is 0. The maximum atomic E-state index is 12.6. The smallest absolute Gasteiger partial charge is 0.315 e. The van der Waals surface area contributed by atoms with Gasteiger partial charge in [0.25, 0.3) is 0 Å². The first-order valence-electron chi connectivity index (χ1n) is 12.5. The molecular weight excluding hydrogens is 432 g/mol. The number of nitrogens with one attached hydrogen (secondary N) is 3. The number of nitrogens with zero attached hydrogens (tertiary/aromatic N) is 3. The Bertz CT molecular complexity index is 985. The Balaban J connectivity index is 1.10. The maximum Gasteiger partial charge on any atom is 0.315 e. The summed E-state index contributed by atoms with van der Waals surface area (Å²) in [4.78, 5) is 33.7. The first kappa shape index (κ1) is 22.8. The summed E-state index contributed by atoms with van der Waals surface area (Å²) in [6, 6.07) is 3.04. The molecule has 0 aromatic carbocycles. The number of amides is 3. The highest BCUT2D eigenvalue weighted by molar-refractivity contribution is 5.78. The molecule has 2 heterocycles. The average molecular weight is 467 g/mol. The highest BCUT2D eigenvalue weighted by atomic mass is 16.5. The normalized spacial score (nSPS) is 28.0. The SMILES string of the molecule is CC(C)C(NC(=O)CCNC(=O)NC12CC3CC(CC(C3)C1)C2)c1nc(-c2ccncc2)no1. The van der Waals surface area contributed by atoms with Crippen LogP contribution in [0.4, 0.5) is 4.79 Å². The van der Waals surface area contributed by atoms with Crippen molar-refractivity contribution in [3.63, 3.8) is 0 Å². The number of urea groups is 1. The minimum Gasteiger partial charge on any atom is -0.344 e. The Kier molecular flexibility index (Phi) is 6.27. The molecule has 4 bridgehead atoms. The van der Waals surface area contributed by atoms with Gasteiger partial charge in [0.15, 0.2) is 0 Å². The topological polar surface area (TPSA) is 122 Å². The van der Waals surface area contributed by atoms with Gasteiger partial charge < -0.3 is 20.5 Å². The van der Waals surface area contributed by atoms with E-state index in [-0.39, 0.29) is 36.4 Å². The van der Waals surface area contributed by atoms with Gasteiger partial charge in [0, 0.05) is 36.5 Å². The standard InChI is InChI=1S/C25H34N6O3/c1-15(2)21(23-29-22(31-34-23)19-3-6-26-7-4-19)28-20(32)5-8-27-24(33)30-25-12-16-9-17(13-25)11-18(10-16)14-25/h3-4,6-7,15-18,21H,5,8-14H2,1-2H3,(H,28,32)(H2,27,30,33). The summed E-state index contributed by atoms with van der Waals surface area (Å²) in [5.74, 6) is 3.03. The van der Waals surface area contributed by atoms with Crippen molar-refractivity contribution < 1.29 is 14.1 Å². The first-order chi connectivity index (χ1) is 16.4. The number of hydrogen-bond acceptors (Lipinski definition) is 6. The monoisotopic (exact) mass is 466 g/mol. The van der Waals surface area contributed by atoms with E-state index in [9.17, 15) is 9.59 Å². The molecule has 1 unspecified atom stereocenters. The number of carbonyl (C=O) groups excluding carboxylic acids is 2. The first-order valence-corrected chi connectivity index (χ1v) is 12.5. The van der Waals surface area contributed by atoms with E-state index < -0.39 is 6.04 Å². The van der Waals surface area contributed by atoms with Gasteiger partial charge in [-0.2, -0.15) is 4.98 Å².